The first-order valence-corrected chi connectivity index (χ1v) is 10.4. The molecule has 0 spiro atoms. The maximum Gasteiger partial charge on any atom is 0.307 e. The lowest BCUT2D eigenvalue weighted by Crippen LogP contribution is -2.53. The van der Waals surface area contributed by atoms with Gasteiger partial charge in [-0.05, 0) is 24.3 Å². The molecule has 1 aliphatic carbocycles. The molecule has 1 fully saturated rings. The first-order chi connectivity index (χ1) is 11.9. The molecule has 0 bridgehead atoms. The van der Waals surface area contributed by atoms with Gasteiger partial charge < -0.3 is 10.0 Å². The normalized spacial score (nSPS) is 25.0. The molecule has 1 N–H and O–H groups in total. The number of carbonyl (C=O) groups is 2. The molecule has 2 aliphatic rings. The summed E-state index contributed by atoms with van der Waals surface area (Å²) in [6, 6.07) is 3.27. The molecule has 136 valence electrons. The van der Waals surface area contributed by atoms with Gasteiger partial charge in [0.05, 0.1) is 11.8 Å². The van der Waals surface area contributed by atoms with Gasteiger partial charge in [0, 0.05) is 26.2 Å². The second kappa shape index (κ2) is 7.27. The van der Waals surface area contributed by atoms with Crippen molar-refractivity contribution >= 4 is 33.2 Å². The van der Waals surface area contributed by atoms with E-state index in [2.05, 4.69) is 0 Å². The largest absolute Gasteiger partial charge is 0.481 e. The number of hydrogen-bond donors (Lipinski definition) is 1. The lowest BCUT2D eigenvalue weighted by atomic mass is 9.82. The summed E-state index contributed by atoms with van der Waals surface area (Å²) in [7, 11) is -3.51. The Kier molecular flexibility index (Phi) is 5.26. The van der Waals surface area contributed by atoms with E-state index < -0.39 is 27.8 Å². The average molecular weight is 384 g/mol. The van der Waals surface area contributed by atoms with Crippen LogP contribution in [0.2, 0.25) is 0 Å². The lowest BCUT2D eigenvalue weighted by molar-refractivity contribution is -0.151. The molecule has 1 amide bonds. The van der Waals surface area contributed by atoms with Crippen molar-refractivity contribution in [1.29, 1.82) is 0 Å². The fourth-order valence-corrected chi connectivity index (χ4v) is 5.85. The maximum absolute atomic E-state index is 12.7. The fraction of sp³-hybridized carbons (Fsp3) is 0.500. The summed E-state index contributed by atoms with van der Waals surface area (Å²) in [6.45, 7) is 1.03. The minimum atomic E-state index is -3.51. The topological polar surface area (TPSA) is 95.0 Å². The third-order valence-corrected chi connectivity index (χ3v) is 7.98. The van der Waals surface area contributed by atoms with E-state index in [4.69, 9.17) is 0 Å². The van der Waals surface area contributed by atoms with Crippen molar-refractivity contribution in [3.8, 4) is 0 Å². The minimum absolute atomic E-state index is 0.190. The summed E-state index contributed by atoms with van der Waals surface area (Å²) >= 11 is 1.17. The van der Waals surface area contributed by atoms with Crippen LogP contribution in [0.15, 0.2) is 33.9 Å². The van der Waals surface area contributed by atoms with Crippen LogP contribution in [0.25, 0.3) is 0 Å². The van der Waals surface area contributed by atoms with Crippen molar-refractivity contribution in [3.05, 3.63) is 29.7 Å². The number of allylic oxidation sites excluding steroid dienone is 2. The fourth-order valence-electron chi connectivity index (χ4n) is 3.28. The minimum Gasteiger partial charge on any atom is -0.481 e. The van der Waals surface area contributed by atoms with E-state index in [1.807, 2.05) is 6.08 Å². The van der Waals surface area contributed by atoms with Crippen molar-refractivity contribution in [2.45, 2.75) is 17.1 Å². The number of hydrogen-bond acceptors (Lipinski definition) is 5. The van der Waals surface area contributed by atoms with E-state index >= 15 is 0 Å². The Morgan fingerprint density at radius 3 is 2.28 bits per heavy atom. The van der Waals surface area contributed by atoms with Crippen molar-refractivity contribution in [2.75, 3.05) is 26.2 Å². The van der Waals surface area contributed by atoms with Gasteiger partial charge in [-0.25, -0.2) is 8.42 Å². The lowest BCUT2D eigenvalue weighted by Gasteiger charge is -2.37. The predicted octanol–water partition coefficient (Wildman–Crippen LogP) is 1.25. The molecular weight excluding hydrogens is 364 g/mol. The van der Waals surface area contributed by atoms with Crippen LogP contribution >= 0.6 is 11.3 Å². The molecule has 9 heteroatoms. The van der Waals surface area contributed by atoms with Crippen LogP contribution < -0.4 is 0 Å². The molecule has 2 atom stereocenters. The molecule has 1 aliphatic heterocycles. The Morgan fingerprint density at radius 2 is 1.72 bits per heavy atom. The second-order valence-electron chi connectivity index (χ2n) is 6.16. The number of carboxylic acid groups (broad SMARTS) is 1. The number of amides is 1. The highest BCUT2D eigenvalue weighted by Gasteiger charge is 2.38. The summed E-state index contributed by atoms with van der Waals surface area (Å²) in [5, 5.41) is 11.0. The number of thiophene rings is 1. The van der Waals surface area contributed by atoms with Crippen LogP contribution in [0, 0.1) is 11.8 Å². The number of nitrogens with zero attached hydrogens (tertiary/aromatic N) is 2. The Morgan fingerprint density at radius 1 is 1.08 bits per heavy atom. The van der Waals surface area contributed by atoms with Crippen LogP contribution in [0.5, 0.6) is 0 Å². The molecule has 2 heterocycles. The van der Waals surface area contributed by atoms with Crippen molar-refractivity contribution in [1.82, 2.24) is 9.21 Å². The SMILES string of the molecule is O=C(O)[C@@H]1CC=CC[C@H]1C(=O)N1CCN(S(=O)(=O)c2cccs2)CC1. The molecule has 1 aromatic heterocycles. The Bertz CT molecular complexity index is 764. The number of carboxylic acids is 1. The molecule has 0 unspecified atom stereocenters. The summed E-state index contributed by atoms with van der Waals surface area (Å²) < 4.78 is 26.7. The van der Waals surface area contributed by atoms with Gasteiger partial charge in [0.1, 0.15) is 4.21 Å². The summed E-state index contributed by atoms with van der Waals surface area (Å²) in [5.41, 5.74) is 0. The van der Waals surface area contributed by atoms with Crippen molar-refractivity contribution in [3.63, 3.8) is 0 Å². The van der Waals surface area contributed by atoms with Gasteiger partial charge in [-0.3, -0.25) is 9.59 Å². The Labute approximate surface area is 150 Å². The van der Waals surface area contributed by atoms with Gasteiger partial charge in [0.25, 0.3) is 10.0 Å². The van der Waals surface area contributed by atoms with Gasteiger partial charge in [-0.1, -0.05) is 18.2 Å². The van der Waals surface area contributed by atoms with Crippen LogP contribution in [0.4, 0.5) is 0 Å². The molecule has 0 saturated carbocycles. The predicted molar refractivity (Wildman–Crippen MR) is 92.6 cm³/mol. The van der Waals surface area contributed by atoms with Crippen molar-refractivity contribution < 1.29 is 23.1 Å². The van der Waals surface area contributed by atoms with Gasteiger partial charge in [-0.2, -0.15) is 4.31 Å². The summed E-state index contributed by atoms with van der Waals surface area (Å²) in [5.74, 6) is -2.42. The Balaban J connectivity index is 1.65. The van der Waals surface area contributed by atoms with E-state index in [0.717, 1.165) is 0 Å². The van der Waals surface area contributed by atoms with Gasteiger partial charge in [0.15, 0.2) is 0 Å². The average Bonchev–Trinajstić information content (AvgIpc) is 3.16. The van der Waals surface area contributed by atoms with Crippen LogP contribution in [-0.4, -0.2) is 60.8 Å². The molecule has 0 aromatic carbocycles. The van der Waals surface area contributed by atoms with Gasteiger partial charge >= 0.3 is 5.97 Å². The third kappa shape index (κ3) is 3.63. The maximum atomic E-state index is 12.7. The highest BCUT2D eigenvalue weighted by atomic mass is 32.2. The van der Waals surface area contributed by atoms with Crippen molar-refractivity contribution in [2.24, 2.45) is 11.8 Å². The molecule has 1 aromatic rings. The first-order valence-electron chi connectivity index (χ1n) is 8.11. The number of rotatable bonds is 4. The molecule has 25 heavy (non-hydrogen) atoms. The molecular formula is C16H20N2O5S2. The summed E-state index contributed by atoms with van der Waals surface area (Å²) in [6.07, 6.45) is 4.43. The monoisotopic (exact) mass is 384 g/mol. The highest BCUT2D eigenvalue weighted by Crippen LogP contribution is 2.29. The molecule has 1 saturated heterocycles. The van der Waals surface area contributed by atoms with E-state index in [1.165, 1.54) is 15.6 Å². The standard InChI is InChI=1S/C16H20N2O5S2/c19-15(12-4-1-2-5-13(12)16(20)21)17-7-9-18(10-8-17)25(22,23)14-6-3-11-24-14/h1-3,6,11-13H,4-5,7-10H2,(H,20,21)/t12-,13-/m1/s1. The number of carbonyl (C=O) groups excluding carboxylic acids is 1. The zero-order valence-corrected chi connectivity index (χ0v) is 15.2. The van der Waals surface area contributed by atoms with E-state index in [1.54, 1.807) is 28.5 Å². The van der Waals surface area contributed by atoms with E-state index in [0.29, 0.717) is 17.1 Å². The van der Waals surface area contributed by atoms with Gasteiger partial charge in [-0.15, -0.1) is 11.3 Å². The van der Waals surface area contributed by atoms with Gasteiger partial charge in [0.2, 0.25) is 5.91 Å². The quantitative estimate of drug-likeness (QED) is 0.789. The van der Waals surface area contributed by atoms with Crippen LogP contribution in [-0.2, 0) is 19.6 Å². The number of aliphatic carboxylic acids is 1. The number of sulfonamides is 1. The third-order valence-electron chi connectivity index (χ3n) is 4.71. The Hall–Kier alpha value is -1.71. The second-order valence-corrected chi connectivity index (χ2v) is 9.27. The van der Waals surface area contributed by atoms with Crippen LogP contribution in [0.1, 0.15) is 12.8 Å². The summed E-state index contributed by atoms with van der Waals surface area (Å²) in [4.78, 5) is 25.7. The molecule has 3 rings (SSSR count). The first kappa shape index (κ1) is 18.1. The van der Waals surface area contributed by atoms with E-state index in [-0.39, 0.29) is 32.1 Å². The smallest absolute Gasteiger partial charge is 0.307 e. The zero-order valence-electron chi connectivity index (χ0n) is 13.6. The van der Waals surface area contributed by atoms with Crippen LogP contribution in [0.3, 0.4) is 0 Å². The molecule has 7 nitrogen and oxygen atoms in total. The van der Waals surface area contributed by atoms with E-state index in [9.17, 15) is 23.1 Å². The molecule has 0 radical (unpaired) electrons. The highest BCUT2D eigenvalue weighted by molar-refractivity contribution is 7.91. The number of piperazine rings is 1. The zero-order chi connectivity index (χ0) is 18.0.